The summed E-state index contributed by atoms with van der Waals surface area (Å²) < 4.78 is 38.5. The maximum atomic E-state index is 12.8. The van der Waals surface area contributed by atoms with E-state index in [9.17, 15) is 13.2 Å². The van der Waals surface area contributed by atoms with Gasteiger partial charge in [0.1, 0.15) is 0 Å². The number of hydrogen-bond donors (Lipinski definition) is 0. The van der Waals surface area contributed by atoms with E-state index in [1.54, 1.807) is 4.90 Å². The molecule has 0 radical (unpaired) electrons. The number of likely N-dealkylation sites (tertiary alicyclic amines) is 1. The fourth-order valence-electron chi connectivity index (χ4n) is 3.46. The molecular weight excluding hydrogens is 390 g/mol. The van der Waals surface area contributed by atoms with Crippen molar-refractivity contribution in [3.05, 3.63) is 29.5 Å². The van der Waals surface area contributed by atoms with Gasteiger partial charge >= 0.3 is 0 Å². The molecule has 1 amide bonds. The van der Waals surface area contributed by atoms with Gasteiger partial charge in [-0.2, -0.15) is 0 Å². The number of amides is 1. The Hall–Kier alpha value is -2.20. The molecule has 8 nitrogen and oxygen atoms in total. The molecule has 1 saturated heterocycles. The maximum Gasteiger partial charge on any atom is 0.231 e. The smallest absolute Gasteiger partial charge is 0.231 e. The van der Waals surface area contributed by atoms with E-state index in [1.165, 1.54) is 0 Å². The number of sulfone groups is 1. The van der Waals surface area contributed by atoms with Crippen molar-refractivity contribution in [2.75, 3.05) is 26.1 Å². The minimum absolute atomic E-state index is 0.00246. The normalized spacial score (nSPS) is 19.3. The zero-order valence-corrected chi connectivity index (χ0v) is 16.4. The molecule has 1 aromatic carbocycles. The van der Waals surface area contributed by atoms with Crippen molar-refractivity contribution in [1.29, 1.82) is 0 Å². The fourth-order valence-corrected chi connectivity index (χ4v) is 5.19. The molecule has 3 heterocycles. The maximum absolute atomic E-state index is 12.8. The number of aromatic nitrogens is 2. The predicted molar refractivity (Wildman–Crippen MR) is 97.8 cm³/mol. The molecule has 0 aliphatic carbocycles. The van der Waals surface area contributed by atoms with Crippen LogP contribution in [0, 0.1) is 0 Å². The lowest BCUT2D eigenvalue weighted by Crippen LogP contribution is -2.40. The molecule has 10 heteroatoms. The minimum Gasteiger partial charge on any atom is -0.454 e. The SMILES string of the molecule is CS(=O)(=O)c1snnc1C1CCCN(C(=O)Cc2ccc3c(c2)OCO3)C1. The molecule has 2 aliphatic rings. The standard InChI is InChI=1S/C17H19N3O5S2/c1-27(22,23)17-16(18-19-26-17)12-3-2-6-20(9-12)15(21)8-11-4-5-13-14(7-11)25-10-24-13/h4-5,7,12H,2-3,6,8-10H2,1H3. The molecule has 2 aromatic rings. The number of piperidine rings is 1. The van der Waals surface area contributed by atoms with Gasteiger partial charge in [0.15, 0.2) is 25.5 Å². The second-order valence-corrected chi connectivity index (χ2v) is 9.73. The third-order valence-electron chi connectivity index (χ3n) is 4.77. The molecule has 0 bridgehead atoms. The third-order valence-corrected chi connectivity index (χ3v) is 7.32. The van der Waals surface area contributed by atoms with Crippen molar-refractivity contribution in [3.63, 3.8) is 0 Å². The van der Waals surface area contributed by atoms with Crippen LogP contribution in [0.4, 0.5) is 0 Å². The highest BCUT2D eigenvalue weighted by Gasteiger charge is 2.31. The number of ether oxygens (including phenoxy) is 2. The second-order valence-electron chi connectivity index (χ2n) is 6.76. The first kappa shape index (κ1) is 18.2. The summed E-state index contributed by atoms with van der Waals surface area (Å²) in [6.45, 7) is 1.31. The Morgan fingerprint density at radius 2 is 2.15 bits per heavy atom. The van der Waals surface area contributed by atoms with Crippen LogP contribution in [0.25, 0.3) is 0 Å². The van der Waals surface area contributed by atoms with E-state index in [4.69, 9.17) is 9.47 Å². The van der Waals surface area contributed by atoms with Crippen LogP contribution < -0.4 is 9.47 Å². The van der Waals surface area contributed by atoms with Gasteiger partial charge in [0.05, 0.1) is 12.1 Å². The summed E-state index contributed by atoms with van der Waals surface area (Å²) >= 11 is 0.895. The van der Waals surface area contributed by atoms with Crippen LogP contribution in [0.3, 0.4) is 0 Å². The number of fused-ring (bicyclic) bond motifs is 1. The van der Waals surface area contributed by atoms with Gasteiger partial charge in [-0.25, -0.2) is 8.42 Å². The first-order valence-corrected chi connectivity index (χ1v) is 11.3. The van der Waals surface area contributed by atoms with Crippen LogP contribution in [0.15, 0.2) is 22.4 Å². The summed E-state index contributed by atoms with van der Waals surface area (Å²) in [5.74, 6) is 1.24. The predicted octanol–water partition coefficient (Wildman–Crippen LogP) is 1.62. The van der Waals surface area contributed by atoms with Crippen LogP contribution in [0.5, 0.6) is 11.5 Å². The molecule has 1 atom stereocenters. The van der Waals surface area contributed by atoms with Crippen molar-refractivity contribution in [2.45, 2.75) is 29.4 Å². The zero-order chi connectivity index (χ0) is 19.0. The number of carbonyl (C=O) groups excluding carboxylic acids is 1. The van der Waals surface area contributed by atoms with E-state index in [-0.39, 0.29) is 29.2 Å². The van der Waals surface area contributed by atoms with Crippen molar-refractivity contribution in [1.82, 2.24) is 14.5 Å². The highest BCUT2D eigenvalue weighted by Crippen LogP contribution is 2.34. The monoisotopic (exact) mass is 409 g/mol. The van der Waals surface area contributed by atoms with Crippen LogP contribution in [0.1, 0.15) is 30.0 Å². The van der Waals surface area contributed by atoms with E-state index in [0.717, 1.165) is 36.2 Å². The van der Waals surface area contributed by atoms with Crippen LogP contribution in [-0.2, 0) is 21.1 Å². The lowest BCUT2D eigenvalue weighted by atomic mass is 9.95. The van der Waals surface area contributed by atoms with Crippen LogP contribution in [-0.4, -0.2) is 55.0 Å². The summed E-state index contributed by atoms with van der Waals surface area (Å²) in [7, 11) is -3.37. The topological polar surface area (TPSA) is 98.7 Å². The third kappa shape index (κ3) is 3.77. The Labute approximate surface area is 161 Å². The molecule has 1 fully saturated rings. The highest BCUT2D eigenvalue weighted by molar-refractivity contribution is 7.92. The van der Waals surface area contributed by atoms with Gasteiger partial charge in [0, 0.05) is 36.8 Å². The molecular formula is C17H19N3O5S2. The Bertz CT molecular complexity index is 973. The Morgan fingerprint density at radius 1 is 1.33 bits per heavy atom. The second kappa shape index (κ2) is 7.08. The number of rotatable bonds is 4. The van der Waals surface area contributed by atoms with Gasteiger partial charge in [-0.05, 0) is 30.5 Å². The van der Waals surface area contributed by atoms with E-state index in [2.05, 4.69) is 9.59 Å². The van der Waals surface area contributed by atoms with Crippen molar-refractivity contribution in [2.24, 2.45) is 0 Å². The van der Waals surface area contributed by atoms with Gasteiger partial charge in [-0.1, -0.05) is 10.6 Å². The first-order valence-electron chi connectivity index (χ1n) is 8.60. The van der Waals surface area contributed by atoms with Crippen LogP contribution in [0.2, 0.25) is 0 Å². The van der Waals surface area contributed by atoms with E-state index in [0.29, 0.717) is 30.3 Å². The highest BCUT2D eigenvalue weighted by atomic mass is 32.2. The summed E-state index contributed by atoms with van der Waals surface area (Å²) in [6.07, 6.45) is 3.02. The lowest BCUT2D eigenvalue weighted by Gasteiger charge is -2.32. The average Bonchev–Trinajstić information content (AvgIpc) is 3.30. The number of carbonyl (C=O) groups is 1. The minimum atomic E-state index is -3.37. The average molecular weight is 409 g/mol. The lowest BCUT2D eigenvalue weighted by molar-refractivity contribution is -0.131. The summed E-state index contributed by atoms with van der Waals surface area (Å²) in [4.78, 5) is 14.5. The summed E-state index contributed by atoms with van der Waals surface area (Å²) in [5, 5.41) is 4.04. The van der Waals surface area contributed by atoms with Gasteiger partial charge in [0.25, 0.3) is 0 Å². The van der Waals surface area contributed by atoms with Crippen molar-refractivity contribution in [3.8, 4) is 11.5 Å². The Balaban J connectivity index is 1.47. The summed E-state index contributed by atoms with van der Waals surface area (Å²) in [6, 6.07) is 5.50. The Kier molecular flexibility index (Phi) is 4.77. The van der Waals surface area contributed by atoms with Gasteiger partial charge < -0.3 is 14.4 Å². The molecule has 27 heavy (non-hydrogen) atoms. The molecule has 0 saturated carbocycles. The molecule has 144 valence electrons. The quantitative estimate of drug-likeness (QED) is 0.757. The molecule has 1 aromatic heterocycles. The van der Waals surface area contributed by atoms with Crippen LogP contribution >= 0.6 is 11.5 Å². The van der Waals surface area contributed by atoms with E-state index >= 15 is 0 Å². The fraction of sp³-hybridized carbons (Fsp3) is 0.471. The molecule has 2 aliphatic heterocycles. The number of benzene rings is 1. The number of nitrogens with zero attached hydrogens (tertiary/aromatic N) is 3. The molecule has 0 N–H and O–H groups in total. The Morgan fingerprint density at radius 3 is 2.96 bits per heavy atom. The van der Waals surface area contributed by atoms with Crippen molar-refractivity contribution < 1.29 is 22.7 Å². The van der Waals surface area contributed by atoms with Gasteiger partial charge in [0.2, 0.25) is 12.7 Å². The number of hydrogen-bond acceptors (Lipinski definition) is 8. The molecule has 1 unspecified atom stereocenters. The van der Waals surface area contributed by atoms with Gasteiger partial charge in [-0.3, -0.25) is 4.79 Å². The van der Waals surface area contributed by atoms with E-state index in [1.807, 2.05) is 18.2 Å². The summed E-state index contributed by atoms with van der Waals surface area (Å²) in [5.41, 5.74) is 1.35. The van der Waals surface area contributed by atoms with Crippen molar-refractivity contribution >= 4 is 27.3 Å². The zero-order valence-electron chi connectivity index (χ0n) is 14.8. The van der Waals surface area contributed by atoms with E-state index < -0.39 is 9.84 Å². The van der Waals surface area contributed by atoms with Gasteiger partial charge in [-0.15, -0.1) is 5.10 Å². The molecule has 0 spiro atoms. The first-order chi connectivity index (χ1) is 12.9. The molecule has 4 rings (SSSR count). The largest absolute Gasteiger partial charge is 0.454 e.